The number of benzene rings is 1. The first-order valence-electron chi connectivity index (χ1n) is 4.44. The third-order valence-corrected chi connectivity index (χ3v) is 2.05. The first-order valence-corrected chi connectivity index (χ1v) is 4.44. The zero-order chi connectivity index (χ0) is 10.6. The van der Waals surface area contributed by atoms with Crippen molar-refractivity contribution in [3.8, 4) is 0 Å². The molecule has 0 saturated heterocycles. The van der Waals surface area contributed by atoms with E-state index in [2.05, 4.69) is 6.58 Å². The van der Waals surface area contributed by atoms with Gasteiger partial charge in [0, 0.05) is 0 Å². The Morgan fingerprint density at radius 2 is 2.14 bits per heavy atom. The molecule has 0 fully saturated rings. The van der Waals surface area contributed by atoms with E-state index in [4.69, 9.17) is 10.0 Å². The van der Waals surface area contributed by atoms with Crippen molar-refractivity contribution in [2.45, 2.75) is 6.92 Å². The van der Waals surface area contributed by atoms with Crippen LogP contribution < -0.4 is 5.46 Å². The molecule has 0 spiro atoms. The third kappa shape index (κ3) is 2.34. The van der Waals surface area contributed by atoms with E-state index in [-0.39, 0.29) is 0 Å². The van der Waals surface area contributed by atoms with E-state index in [0.717, 1.165) is 11.1 Å². The zero-order valence-corrected chi connectivity index (χ0v) is 8.14. The number of rotatable bonds is 3. The summed E-state index contributed by atoms with van der Waals surface area (Å²) >= 11 is 0. The molecule has 0 bridgehead atoms. The minimum Gasteiger partial charge on any atom is -0.423 e. The smallest absolute Gasteiger partial charge is 0.423 e. The fraction of sp³-hybridized carbons (Fsp3) is 0.0909. The molecule has 0 heterocycles. The molecule has 0 aliphatic carbocycles. The van der Waals surface area contributed by atoms with Gasteiger partial charge in [0.15, 0.2) is 0 Å². The highest BCUT2D eigenvalue weighted by Crippen LogP contribution is 2.13. The maximum atomic E-state index is 8.99. The lowest BCUT2D eigenvalue weighted by molar-refractivity contribution is 0.426. The van der Waals surface area contributed by atoms with Gasteiger partial charge in [0.1, 0.15) is 0 Å². The first-order chi connectivity index (χ1) is 6.69. The zero-order valence-electron chi connectivity index (χ0n) is 8.14. The van der Waals surface area contributed by atoms with Crippen molar-refractivity contribution < 1.29 is 10.0 Å². The van der Waals surface area contributed by atoms with Crippen LogP contribution in [0.25, 0.3) is 5.57 Å². The molecule has 14 heavy (non-hydrogen) atoms. The molecule has 3 heteroatoms. The van der Waals surface area contributed by atoms with Crippen LogP contribution in [-0.2, 0) is 0 Å². The van der Waals surface area contributed by atoms with Crippen molar-refractivity contribution in [2.75, 3.05) is 0 Å². The summed E-state index contributed by atoms with van der Waals surface area (Å²) < 4.78 is 0. The topological polar surface area (TPSA) is 40.5 Å². The predicted molar refractivity (Wildman–Crippen MR) is 60.1 cm³/mol. The number of hydrogen-bond acceptors (Lipinski definition) is 2. The average molecular weight is 188 g/mol. The molecular weight excluding hydrogens is 175 g/mol. The molecule has 0 amide bonds. The largest absolute Gasteiger partial charge is 0.488 e. The second-order valence-corrected chi connectivity index (χ2v) is 2.95. The van der Waals surface area contributed by atoms with Crippen LogP contribution in [0.3, 0.4) is 0 Å². The Bertz CT molecular complexity index is 356. The van der Waals surface area contributed by atoms with Gasteiger partial charge in [-0.05, 0) is 23.5 Å². The van der Waals surface area contributed by atoms with Gasteiger partial charge < -0.3 is 10.0 Å². The normalized spacial score (nSPS) is 11.2. The Morgan fingerprint density at radius 3 is 2.64 bits per heavy atom. The van der Waals surface area contributed by atoms with E-state index in [1.165, 1.54) is 0 Å². The van der Waals surface area contributed by atoms with Crippen molar-refractivity contribution in [1.29, 1.82) is 0 Å². The van der Waals surface area contributed by atoms with Crippen molar-refractivity contribution in [3.63, 3.8) is 0 Å². The van der Waals surface area contributed by atoms with Crippen LogP contribution >= 0.6 is 0 Å². The monoisotopic (exact) mass is 188 g/mol. The summed E-state index contributed by atoms with van der Waals surface area (Å²) in [4.78, 5) is 0. The fourth-order valence-corrected chi connectivity index (χ4v) is 1.28. The third-order valence-electron chi connectivity index (χ3n) is 2.05. The van der Waals surface area contributed by atoms with E-state index < -0.39 is 7.12 Å². The van der Waals surface area contributed by atoms with Crippen LogP contribution in [0.5, 0.6) is 0 Å². The maximum absolute atomic E-state index is 8.99. The molecule has 2 N–H and O–H groups in total. The molecule has 0 saturated carbocycles. The average Bonchev–Trinajstić information content (AvgIpc) is 2.20. The minimum absolute atomic E-state index is 0.490. The predicted octanol–water partition coefficient (Wildman–Crippen LogP) is 0.956. The molecule has 0 aliphatic heterocycles. The van der Waals surface area contributed by atoms with Crippen LogP contribution in [0.4, 0.5) is 0 Å². The van der Waals surface area contributed by atoms with Gasteiger partial charge in [-0.2, -0.15) is 0 Å². The van der Waals surface area contributed by atoms with Gasteiger partial charge >= 0.3 is 7.12 Å². The Morgan fingerprint density at radius 1 is 1.43 bits per heavy atom. The van der Waals surface area contributed by atoms with Gasteiger partial charge in [0.2, 0.25) is 0 Å². The van der Waals surface area contributed by atoms with E-state index >= 15 is 0 Å². The lowest BCUT2D eigenvalue weighted by Crippen LogP contribution is -2.29. The standard InChI is InChI=1S/C11H13BO2/c1-3-9(4-2)10-6-5-7-11(8-10)12(13)14/h3-8,13-14H,1H2,2H3/b9-4+. The Kier molecular flexibility index (Phi) is 3.68. The van der Waals surface area contributed by atoms with Crippen LogP contribution in [-0.4, -0.2) is 17.2 Å². The summed E-state index contributed by atoms with van der Waals surface area (Å²) in [5.74, 6) is 0. The van der Waals surface area contributed by atoms with Gasteiger partial charge in [-0.1, -0.05) is 43.0 Å². The van der Waals surface area contributed by atoms with E-state index in [9.17, 15) is 0 Å². The molecule has 0 unspecified atom stereocenters. The van der Waals surface area contributed by atoms with E-state index in [1.807, 2.05) is 19.1 Å². The van der Waals surface area contributed by atoms with Gasteiger partial charge in [-0.3, -0.25) is 0 Å². The molecule has 72 valence electrons. The summed E-state index contributed by atoms with van der Waals surface area (Å²) in [6.45, 7) is 5.61. The van der Waals surface area contributed by atoms with Crippen molar-refractivity contribution in [2.24, 2.45) is 0 Å². The van der Waals surface area contributed by atoms with E-state index in [0.29, 0.717) is 5.46 Å². The summed E-state index contributed by atoms with van der Waals surface area (Å²) in [5.41, 5.74) is 2.41. The minimum atomic E-state index is -1.42. The molecule has 0 aliphatic rings. The molecule has 1 aromatic rings. The fourth-order valence-electron chi connectivity index (χ4n) is 1.28. The highest BCUT2D eigenvalue weighted by molar-refractivity contribution is 6.58. The summed E-state index contributed by atoms with van der Waals surface area (Å²) in [6.07, 6.45) is 3.67. The van der Waals surface area contributed by atoms with E-state index in [1.54, 1.807) is 24.3 Å². The Hall–Kier alpha value is -1.32. The second-order valence-electron chi connectivity index (χ2n) is 2.95. The van der Waals surface area contributed by atoms with Crippen LogP contribution in [0, 0.1) is 0 Å². The van der Waals surface area contributed by atoms with Crippen molar-refractivity contribution >= 4 is 18.2 Å². The van der Waals surface area contributed by atoms with Gasteiger partial charge in [0.25, 0.3) is 0 Å². The maximum Gasteiger partial charge on any atom is 0.488 e. The molecule has 2 nitrogen and oxygen atoms in total. The number of hydrogen-bond donors (Lipinski definition) is 2. The van der Waals surface area contributed by atoms with Crippen molar-refractivity contribution in [1.82, 2.24) is 0 Å². The molecular formula is C11H13BO2. The van der Waals surface area contributed by atoms with Crippen LogP contribution in [0.2, 0.25) is 0 Å². The molecule has 0 aromatic heterocycles. The summed E-state index contributed by atoms with van der Waals surface area (Å²) in [6, 6.07) is 7.10. The van der Waals surface area contributed by atoms with Crippen molar-refractivity contribution in [3.05, 3.63) is 48.6 Å². The Labute approximate surface area is 84.4 Å². The SMILES string of the molecule is C=C/C(=C\C)c1cccc(B(O)O)c1. The molecule has 1 rings (SSSR count). The molecule has 0 atom stereocenters. The van der Waals surface area contributed by atoms with Gasteiger partial charge in [-0.25, -0.2) is 0 Å². The Balaban J connectivity index is 3.11. The summed E-state index contributed by atoms with van der Waals surface area (Å²) in [7, 11) is -1.42. The summed E-state index contributed by atoms with van der Waals surface area (Å²) in [5, 5.41) is 18.0. The van der Waals surface area contributed by atoms with Crippen LogP contribution in [0.15, 0.2) is 43.0 Å². The highest BCUT2D eigenvalue weighted by atomic mass is 16.4. The second kappa shape index (κ2) is 4.79. The van der Waals surface area contributed by atoms with Gasteiger partial charge in [0.05, 0.1) is 0 Å². The quantitative estimate of drug-likeness (QED) is 0.547. The molecule has 0 radical (unpaired) electrons. The van der Waals surface area contributed by atoms with Crippen LogP contribution in [0.1, 0.15) is 12.5 Å². The highest BCUT2D eigenvalue weighted by Gasteiger charge is 2.10. The lowest BCUT2D eigenvalue weighted by Gasteiger charge is -2.04. The number of allylic oxidation sites excluding steroid dienone is 3. The first kappa shape index (κ1) is 10.8. The van der Waals surface area contributed by atoms with Gasteiger partial charge in [-0.15, -0.1) is 0 Å². The lowest BCUT2D eigenvalue weighted by atomic mass is 9.79. The molecule has 1 aromatic carbocycles.